The molecule has 16 nitrogen and oxygen atoms in total. The average Bonchev–Trinajstić information content (AvgIpc) is 3.51. The molecule has 0 spiro atoms. The highest BCUT2D eigenvalue weighted by Crippen LogP contribution is 2.41. The van der Waals surface area contributed by atoms with E-state index in [1.54, 1.807) is 27.7 Å². The summed E-state index contributed by atoms with van der Waals surface area (Å²) in [6.45, 7) is 6.06. The molecule has 2 aromatic heterocycles. The molecule has 2 atom stereocenters. The van der Waals surface area contributed by atoms with Crippen molar-refractivity contribution < 1.29 is 33.5 Å². The third-order valence-corrected chi connectivity index (χ3v) is 7.58. The zero-order valence-electron chi connectivity index (χ0n) is 22.2. The number of carbonyl (C=O) groups is 4. The van der Waals surface area contributed by atoms with Gasteiger partial charge in [-0.3, -0.25) is 19.3 Å². The molecule has 0 radical (unpaired) electrons. The molecule has 2 aliphatic heterocycles. The first-order chi connectivity index (χ1) is 18.9. The first kappa shape index (κ1) is 28.9. The molecule has 0 saturated carbocycles. The number of amides is 2. The Morgan fingerprint density at radius 1 is 1.27 bits per heavy atom. The maximum absolute atomic E-state index is 13.3. The Labute approximate surface area is 236 Å². The number of oxime groups is 1. The number of carbonyl (C=O) groups excluding carboxylic acids is 4. The minimum Gasteiger partial charge on any atom is -0.427 e. The van der Waals surface area contributed by atoms with Gasteiger partial charge in [0.2, 0.25) is 6.79 Å². The van der Waals surface area contributed by atoms with Crippen molar-refractivity contribution in [2.45, 2.75) is 45.7 Å². The van der Waals surface area contributed by atoms with Gasteiger partial charge in [-0.1, -0.05) is 5.16 Å². The maximum atomic E-state index is 13.3. The molecule has 1 fully saturated rings. The zero-order valence-corrected chi connectivity index (χ0v) is 23.9. The van der Waals surface area contributed by atoms with E-state index in [1.165, 1.54) is 33.9 Å². The fraction of sp³-hybridized carbons (Fsp3) is 0.500. The molecule has 1 saturated heterocycles. The lowest BCUT2D eigenvalue weighted by Gasteiger charge is -2.49. The van der Waals surface area contributed by atoms with Crippen molar-refractivity contribution in [1.29, 1.82) is 0 Å². The maximum Gasteiger partial charge on any atom is 0.358 e. The van der Waals surface area contributed by atoms with Gasteiger partial charge >= 0.3 is 11.9 Å². The van der Waals surface area contributed by atoms with Gasteiger partial charge in [0.1, 0.15) is 29.9 Å². The van der Waals surface area contributed by atoms with E-state index in [0.717, 1.165) is 11.3 Å². The summed E-state index contributed by atoms with van der Waals surface area (Å²) in [6, 6.07) is -0.981. The average molecular weight is 594 g/mol. The van der Waals surface area contributed by atoms with Crippen molar-refractivity contribution in [3.05, 3.63) is 28.2 Å². The van der Waals surface area contributed by atoms with E-state index in [-0.39, 0.29) is 34.5 Å². The lowest BCUT2D eigenvalue weighted by molar-refractivity contribution is -0.173. The normalized spacial score (nSPS) is 19.1. The number of tetrazole rings is 1. The highest BCUT2D eigenvalue weighted by molar-refractivity contribution is 8.00. The second kappa shape index (κ2) is 11.6. The smallest absolute Gasteiger partial charge is 0.358 e. The number of thiazole rings is 1. The number of β-lactam (4-membered cyclic amide) rings is 1. The molecule has 18 heteroatoms. The molecule has 40 heavy (non-hydrogen) atoms. The number of nitrogens with two attached hydrogens (primary N) is 1. The van der Waals surface area contributed by atoms with Crippen LogP contribution in [0.25, 0.3) is 0 Å². The first-order valence-corrected chi connectivity index (χ1v) is 13.7. The van der Waals surface area contributed by atoms with Crippen LogP contribution in [0.4, 0.5) is 5.13 Å². The molecule has 2 aliphatic rings. The minimum absolute atomic E-state index is 0.0425. The zero-order chi connectivity index (χ0) is 29.2. The topological polar surface area (TPSA) is 206 Å². The Balaban J connectivity index is 1.53. The molecule has 4 rings (SSSR count). The van der Waals surface area contributed by atoms with Crippen molar-refractivity contribution in [1.82, 2.24) is 35.4 Å². The number of rotatable bonds is 9. The Morgan fingerprint density at radius 2 is 2.02 bits per heavy atom. The Morgan fingerprint density at radius 3 is 2.62 bits per heavy atom. The van der Waals surface area contributed by atoms with Crippen molar-refractivity contribution in [3.63, 3.8) is 0 Å². The largest absolute Gasteiger partial charge is 0.427 e. The van der Waals surface area contributed by atoms with Gasteiger partial charge < -0.3 is 25.4 Å². The van der Waals surface area contributed by atoms with Crippen LogP contribution in [-0.2, 0) is 40.0 Å². The molecule has 0 aromatic carbocycles. The SMILES string of the molecule is CON=C(C(=O)N[C@@H]1C(=O)N2C(C(=O)OCOC(=O)C(C)(C)C)=C(Cn3nnc(C)n3)CS[C@H]12)c1csc(N)n1. The van der Waals surface area contributed by atoms with Crippen molar-refractivity contribution in [2.75, 3.05) is 25.4 Å². The summed E-state index contributed by atoms with van der Waals surface area (Å²) in [7, 11) is 1.27. The van der Waals surface area contributed by atoms with Crippen LogP contribution >= 0.6 is 23.1 Å². The molecule has 4 heterocycles. The number of nitrogens with one attached hydrogen (secondary N) is 1. The second-order valence-electron chi connectivity index (χ2n) is 9.61. The van der Waals surface area contributed by atoms with E-state index in [1.807, 2.05) is 0 Å². The van der Waals surface area contributed by atoms with Crippen molar-refractivity contribution in [3.8, 4) is 0 Å². The Kier molecular flexibility index (Phi) is 8.38. The van der Waals surface area contributed by atoms with Crippen LogP contribution in [0.3, 0.4) is 0 Å². The third kappa shape index (κ3) is 6.06. The number of aryl methyl sites for hydroxylation is 1. The molecule has 3 N–H and O–H groups in total. The van der Waals surface area contributed by atoms with E-state index in [2.05, 4.69) is 30.9 Å². The molecule has 0 aliphatic carbocycles. The van der Waals surface area contributed by atoms with Gasteiger partial charge in [0.05, 0.1) is 12.0 Å². The lowest BCUT2D eigenvalue weighted by Crippen LogP contribution is -2.71. The van der Waals surface area contributed by atoms with Gasteiger partial charge in [-0.2, -0.15) is 4.80 Å². The number of thioether (sulfide) groups is 1. The van der Waals surface area contributed by atoms with Gasteiger partial charge in [-0.15, -0.1) is 33.3 Å². The minimum atomic E-state index is -0.981. The number of nitrogens with zero attached hydrogens (tertiary/aromatic N) is 7. The quantitative estimate of drug-likeness (QED) is 0.127. The third-order valence-electron chi connectivity index (χ3n) is 5.57. The summed E-state index contributed by atoms with van der Waals surface area (Å²) in [4.78, 5) is 62.9. The predicted molar refractivity (Wildman–Crippen MR) is 141 cm³/mol. The van der Waals surface area contributed by atoms with Crippen LogP contribution in [0.2, 0.25) is 0 Å². The van der Waals surface area contributed by atoms with E-state index in [0.29, 0.717) is 11.4 Å². The van der Waals surface area contributed by atoms with Gasteiger partial charge in [0.25, 0.3) is 11.8 Å². The molecule has 0 unspecified atom stereocenters. The molecule has 0 bridgehead atoms. The van der Waals surface area contributed by atoms with Crippen LogP contribution in [0.15, 0.2) is 21.8 Å². The van der Waals surface area contributed by atoms with Crippen molar-refractivity contribution in [2.24, 2.45) is 10.6 Å². The van der Waals surface area contributed by atoms with Crippen molar-refractivity contribution >= 4 is 57.7 Å². The van der Waals surface area contributed by atoms with Crippen LogP contribution in [0.1, 0.15) is 32.3 Å². The first-order valence-electron chi connectivity index (χ1n) is 11.8. The van der Waals surface area contributed by atoms with Crippen LogP contribution in [0, 0.1) is 12.3 Å². The molecule has 214 valence electrons. The lowest BCUT2D eigenvalue weighted by atomic mass is 9.98. The summed E-state index contributed by atoms with van der Waals surface area (Å²) >= 11 is 2.44. The van der Waals surface area contributed by atoms with E-state index < -0.39 is 47.4 Å². The summed E-state index contributed by atoms with van der Waals surface area (Å²) in [5.74, 6) is -1.99. The number of aromatic nitrogens is 5. The second-order valence-corrected chi connectivity index (χ2v) is 11.6. The van der Waals surface area contributed by atoms with E-state index >= 15 is 0 Å². The number of anilines is 1. The number of fused-ring (bicyclic) bond motifs is 1. The fourth-order valence-corrected chi connectivity index (χ4v) is 5.56. The molecule has 2 amide bonds. The summed E-state index contributed by atoms with van der Waals surface area (Å²) in [5.41, 5.74) is 5.35. The number of esters is 2. The van der Waals surface area contributed by atoms with Gasteiger partial charge in [-0.25, -0.2) is 9.78 Å². The highest BCUT2D eigenvalue weighted by atomic mass is 32.2. The molecular weight excluding hydrogens is 566 g/mol. The number of hydrogen-bond donors (Lipinski definition) is 2. The summed E-state index contributed by atoms with van der Waals surface area (Å²) in [5, 5.41) is 19.4. The van der Waals surface area contributed by atoms with E-state index in [9.17, 15) is 19.2 Å². The standard InChI is InChI=1S/C22H27N9O7S2/c1-10-26-29-30(27-10)6-11-7-39-18-14(25-16(32)13(28-36-5)12-8-40-21(23)24-12)17(33)31(18)15(11)19(34)37-9-38-20(35)22(2,3)4/h8,14,18H,6-7,9H2,1-5H3,(H2,23,24)(H,25,32)/t14-,18-/m1/s1. The van der Waals surface area contributed by atoms with Crippen LogP contribution < -0.4 is 11.1 Å². The number of nitrogen functional groups attached to an aromatic ring is 1. The van der Waals surface area contributed by atoms with Gasteiger partial charge in [0, 0.05) is 11.1 Å². The summed E-state index contributed by atoms with van der Waals surface area (Å²) < 4.78 is 10.3. The van der Waals surface area contributed by atoms with Gasteiger partial charge in [-0.05, 0) is 38.5 Å². The number of hydrogen-bond acceptors (Lipinski definition) is 15. The van der Waals surface area contributed by atoms with Crippen LogP contribution in [0.5, 0.6) is 0 Å². The predicted octanol–water partition coefficient (Wildman–Crippen LogP) is -0.185. The van der Waals surface area contributed by atoms with E-state index in [4.69, 9.17) is 20.0 Å². The number of ether oxygens (including phenoxy) is 2. The Hall–Kier alpha value is -4.06. The van der Waals surface area contributed by atoms with Gasteiger partial charge in [0.15, 0.2) is 16.7 Å². The monoisotopic (exact) mass is 593 g/mol. The molecule has 2 aromatic rings. The fourth-order valence-electron chi connectivity index (χ4n) is 3.68. The molecular formula is C22H27N9O7S2. The Bertz CT molecular complexity index is 1390. The van der Waals surface area contributed by atoms with Crippen LogP contribution in [-0.4, -0.2) is 90.6 Å². The summed E-state index contributed by atoms with van der Waals surface area (Å²) in [6.07, 6.45) is 0. The highest BCUT2D eigenvalue weighted by Gasteiger charge is 2.55.